The largest absolute Gasteiger partial charge is 0.369 e. The van der Waals surface area contributed by atoms with E-state index in [0.29, 0.717) is 6.04 Å². The zero-order valence-corrected chi connectivity index (χ0v) is 14.3. The van der Waals surface area contributed by atoms with Crippen LogP contribution in [0.3, 0.4) is 0 Å². The van der Waals surface area contributed by atoms with Gasteiger partial charge in [0, 0.05) is 6.04 Å². The molecule has 0 atom stereocenters. The van der Waals surface area contributed by atoms with Crippen molar-refractivity contribution in [3.63, 3.8) is 0 Å². The molecule has 0 aliphatic heterocycles. The van der Waals surface area contributed by atoms with Crippen LogP contribution in [0.25, 0.3) is 11.0 Å². The lowest BCUT2D eigenvalue weighted by Gasteiger charge is -2.20. The number of aromatic nitrogens is 2. The van der Waals surface area contributed by atoms with Crippen LogP contribution in [-0.4, -0.2) is 15.5 Å². The number of benzene rings is 1. The standard InChI is InChI=1S/C16H23N3O.C2H6/c1-3-7-12(8-4-2)19-14-10-6-5-9-13(14)18-16(19)11-15(17)20;1-2/h5-6,9-10,12H,3-4,7-8,11H2,1-2H3,(H2,17,20);1-2H3. The molecule has 1 amide bonds. The molecule has 0 bridgehead atoms. The summed E-state index contributed by atoms with van der Waals surface area (Å²) in [6, 6.07) is 8.45. The molecule has 2 rings (SSSR count). The van der Waals surface area contributed by atoms with Crippen molar-refractivity contribution in [1.82, 2.24) is 9.55 Å². The minimum absolute atomic E-state index is 0.207. The lowest BCUT2D eigenvalue weighted by atomic mass is 10.1. The molecular weight excluding hydrogens is 274 g/mol. The number of rotatable bonds is 7. The topological polar surface area (TPSA) is 60.9 Å². The summed E-state index contributed by atoms with van der Waals surface area (Å²) in [6.45, 7) is 8.38. The first-order valence-corrected chi connectivity index (χ1v) is 8.41. The monoisotopic (exact) mass is 303 g/mol. The van der Waals surface area contributed by atoms with E-state index in [1.807, 2.05) is 32.0 Å². The molecule has 0 spiro atoms. The highest BCUT2D eigenvalue weighted by molar-refractivity contribution is 5.80. The molecular formula is C18H29N3O. The summed E-state index contributed by atoms with van der Waals surface area (Å²) in [4.78, 5) is 15.9. The molecule has 0 unspecified atom stereocenters. The average Bonchev–Trinajstić information content (AvgIpc) is 2.86. The first-order valence-electron chi connectivity index (χ1n) is 8.41. The second-order valence-electron chi connectivity index (χ2n) is 5.26. The van der Waals surface area contributed by atoms with Gasteiger partial charge in [-0.25, -0.2) is 4.98 Å². The van der Waals surface area contributed by atoms with E-state index >= 15 is 0 Å². The molecule has 2 N–H and O–H groups in total. The number of nitrogens with zero attached hydrogens (tertiary/aromatic N) is 2. The Bertz CT molecular complexity index is 583. The number of imidazole rings is 1. The molecule has 2 aromatic rings. The first-order chi connectivity index (χ1) is 10.7. The Labute approximate surface area is 133 Å². The molecule has 0 aliphatic rings. The van der Waals surface area contributed by atoms with Crippen molar-refractivity contribution >= 4 is 16.9 Å². The minimum Gasteiger partial charge on any atom is -0.369 e. The van der Waals surface area contributed by atoms with E-state index < -0.39 is 0 Å². The zero-order valence-electron chi connectivity index (χ0n) is 14.3. The van der Waals surface area contributed by atoms with Gasteiger partial charge in [0.1, 0.15) is 5.82 Å². The summed E-state index contributed by atoms with van der Waals surface area (Å²) >= 11 is 0. The fourth-order valence-corrected chi connectivity index (χ4v) is 2.85. The van der Waals surface area contributed by atoms with Crippen LogP contribution in [-0.2, 0) is 11.2 Å². The zero-order chi connectivity index (χ0) is 16.5. The van der Waals surface area contributed by atoms with Gasteiger partial charge in [0.25, 0.3) is 0 Å². The van der Waals surface area contributed by atoms with E-state index in [1.54, 1.807) is 0 Å². The number of carbonyl (C=O) groups excluding carboxylic acids is 1. The molecule has 0 radical (unpaired) electrons. The van der Waals surface area contributed by atoms with Crippen molar-refractivity contribution in [3.8, 4) is 0 Å². The first kappa shape index (κ1) is 18.2. The Balaban J connectivity index is 0.00000116. The van der Waals surface area contributed by atoms with Gasteiger partial charge >= 0.3 is 0 Å². The predicted octanol–water partition coefficient (Wildman–Crippen LogP) is 4.23. The molecule has 0 saturated carbocycles. The lowest BCUT2D eigenvalue weighted by Crippen LogP contribution is -2.19. The maximum absolute atomic E-state index is 11.3. The predicted molar refractivity (Wildman–Crippen MR) is 92.8 cm³/mol. The van der Waals surface area contributed by atoms with Crippen LogP contribution in [0.1, 0.15) is 65.2 Å². The third-order valence-electron chi connectivity index (χ3n) is 3.61. The number of para-hydroxylation sites is 2. The normalized spacial score (nSPS) is 10.6. The van der Waals surface area contributed by atoms with Crippen LogP contribution in [0, 0.1) is 0 Å². The van der Waals surface area contributed by atoms with E-state index in [1.165, 1.54) is 0 Å². The molecule has 22 heavy (non-hydrogen) atoms. The lowest BCUT2D eigenvalue weighted by molar-refractivity contribution is -0.117. The Morgan fingerprint density at radius 1 is 1.18 bits per heavy atom. The van der Waals surface area contributed by atoms with E-state index in [0.717, 1.165) is 42.5 Å². The molecule has 1 aromatic heterocycles. The molecule has 0 fully saturated rings. The highest BCUT2D eigenvalue weighted by atomic mass is 16.1. The van der Waals surface area contributed by atoms with Gasteiger partial charge in [-0.3, -0.25) is 4.79 Å². The molecule has 4 nitrogen and oxygen atoms in total. The minimum atomic E-state index is -0.326. The summed E-state index contributed by atoms with van der Waals surface area (Å²) in [5.74, 6) is 0.471. The third kappa shape index (κ3) is 4.33. The van der Waals surface area contributed by atoms with E-state index in [9.17, 15) is 4.79 Å². The highest BCUT2D eigenvalue weighted by Crippen LogP contribution is 2.27. The number of fused-ring (bicyclic) bond motifs is 1. The smallest absolute Gasteiger partial charge is 0.225 e. The maximum atomic E-state index is 11.3. The summed E-state index contributed by atoms with van der Waals surface area (Å²) < 4.78 is 2.23. The van der Waals surface area contributed by atoms with Gasteiger partial charge in [-0.05, 0) is 25.0 Å². The summed E-state index contributed by atoms with van der Waals surface area (Å²) in [6.07, 6.45) is 4.64. The van der Waals surface area contributed by atoms with Gasteiger partial charge in [-0.15, -0.1) is 0 Å². The molecule has 1 aromatic carbocycles. The van der Waals surface area contributed by atoms with Crippen molar-refractivity contribution < 1.29 is 4.79 Å². The number of amides is 1. The number of carbonyl (C=O) groups is 1. The maximum Gasteiger partial charge on any atom is 0.225 e. The number of primary amides is 1. The Kier molecular flexibility index (Phi) is 7.64. The van der Waals surface area contributed by atoms with Gasteiger partial charge in [-0.1, -0.05) is 52.7 Å². The van der Waals surface area contributed by atoms with Gasteiger partial charge in [0.2, 0.25) is 5.91 Å². The Hall–Kier alpha value is -1.84. The van der Waals surface area contributed by atoms with Crippen molar-refractivity contribution in [2.24, 2.45) is 5.73 Å². The number of hydrogen-bond acceptors (Lipinski definition) is 2. The van der Waals surface area contributed by atoms with Crippen LogP contribution >= 0.6 is 0 Å². The van der Waals surface area contributed by atoms with E-state index in [-0.39, 0.29) is 12.3 Å². The van der Waals surface area contributed by atoms with Crippen molar-refractivity contribution in [1.29, 1.82) is 0 Å². The van der Waals surface area contributed by atoms with Gasteiger partial charge in [0.15, 0.2) is 0 Å². The van der Waals surface area contributed by atoms with E-state index in [4.69, 9.17) is 5.73 Å². The SMILES string of the molecule is CC.CCCC(CCC)n1c(CC(N)=O)nc2ccccc21. The van der Waals surface area contributed by atoms with Crippen LogP contribution < -0.4 is 5.73 Å². The van der Waals surface area contributed by atoms with Gasteiger partial charge in [-0.2, -0.15) is 0 Å². The third-order valence-corrected chi connectivity index (χ3v) is 3.61. The van der Waals surface area contributed by atoms with Gasteiger partial charge < -0.3 is 10.3 Å². The number of hydrogen-bond donors (Lipinski definition) is 1. The summed E-state index contributed by atoms with van der Waals surface area (Å²) in [5.41, 5.74) is 7.42. The quantitative estimate of drug-likeness (QED) is 0.832. The molecule has 122 valence electrons. The fraction of sp³-hybridized carbons (Fsp3) is 0.556. The molecule has 0 saturated heterocycles. The van der Waals surface area contributed by atoms with Gasteiger partial charge in [0.05, 0.1) is 17.5 Å². The second-order valence-corrected chi connectivity index (χ2v) is 5.26. The fourth-order valence-electron chi connectivity index (χ4n) is 2.85. The summed E-state index contributed by atoms with van der Waals surface area (Å²) in [5, 5.41) is 0. The van der Waals surface area contributed by atoms with Crippen LogP contribution in [0.2, 0.25) is 0 Å². The number of nitrogens with two attached hydrogens (primary N) is 1. The van der Waals surface area contributed by atoms with Crippen molar-refractivity contribution in [3.05, 3.63) is 30.1 Å². The van der Waals surface area contributed by atoms with E-state index in [2.05, 4.69) is 29.5 Å². The second kappa shape index (κ2) is 9.23. The Morgan fingerprint density at radius 2 is 1.77 bits per heavy atom. The highest BCUT2D eigenvalue weighted by Gasteiger charge is 2.18. The Morgan fingerprint density at radius 3 is 2.32 bits per heavy atom. The molecule has 4 heteroatoms. The van der Waals surface area contributed by atoms with Crippen LogP contribution in [0.5, 0.6) is 0 Å². The van der Waals surface area contributed by atoms with Crippen molar-refractivity contribution in [2.75, 3.05) is 0 Å². The molecule has 1 heterocycles. The summed E-state index contributed by atoms with van der Waals surface area (Å²) in [7, 11) is 0. The van der Waals surface area contributed by atoms with Crippen LogP contribution in [0.15, 0.2) is 24.3 Å². The molecule has 0 aliphatic carbocycles. The van der Waals surface area contributed by atoms with Crippen molar-refractivity contribution in [2.45, 2.75) is 65.8 Å². The van der Waals surface area contributed by atoms with Crippen LogP contribution in [0.4, 0.5) is 0 Å². The average molecular weight is 303 g/mol.